The summed E-state index contributed by atoms with van der Waals surface area (Å²) < 4.78 is 18.2. The van der Waals surface area contributed by atoms with Crippen LogP contribution >= 0.6 is 0 Å². The molecule has 0 bridgehead atoms. The maximum absolute atomic E-state index is 12.7. The van der Waals surface area contributed by atoms with E-state index >= 15 is 0 Å². The topological polar surface area (TPSA) is 45.5 Å². The Morgan fingerprint density at radius 3 is 2.55 bits per heavy atom. The van der Waals surface area contributed by atoms with Gasteiger partial charge in [-0.05, 0) is 43.3 Å². The van der Waals surface area contributed by atoms with Crippen LogP contribution in [0.2, 0.25) is 0 Å². The normalized spacial score (nSPS) is 10.3. The minimum Gasteiger partial charge on any atom is -0.464 e. The molecular formula is C15H17FN2O2. The predicted molar refractivity (Wildman–Crippen MR) is 74.8 cm³/mol. The van der Waals surface area contributed by atoms with E-state index in [1.807, 2.05) is 19.1 Å². The summed E-state index contributed by atoms with van der Waals surface area (Å²) >= 11 is 0. The number of rotatable bonds is 5. The van der Waals surface area contributed by atoms with Gasteiger partial charge in [-0.1, -0.05) is 0 Å². The molecule has 0 aliphatic heterocycles. The SMILES string of the molecule is Cc1ccc(CN(C)C(=O)CNc2ccc(F)cc2)o1. The van der Waals surface area contributed by atoms with Crippen LogP contribution in [0.3, 0.4) is 0 Å². The lowest BCUT2D eigenvalue weighted by Gasteiger charge is -2.16. The molecule has 4 nitrogen and oxygen atoms in total. The summed E-state index contributed by atoms with van der Waals surface area (Å²) in [7, 11) is 1.71. The van der Waals surface area contributed by atoms with Crippen LogP contribution in [0.4, 0.5) is 10.1 Å². The van der Waals surface area contributed by atoms with Gasteiger partial charge in [0.15, 0.2) is 0 Å². The van der Waals surface area contributed by atoms with Gasteiger partial charge >= 0.3 is 0 Å². The lowest BCUT2D eigenvalue weighted by molar-refractivity contribution is -0.128. The minimum absolute atomic E-state index is 0.0663. The maximum atomic E-state index is 12.7. The molecule has 1 N–H and O–H groups in total. The van der Waals surface area contributed by atoms with Crippen LogP contribution in [0.5, 0.6) is 0 Å². The molecule has 106 valence electrons. The first kappa shape index (κ1) is 14.1. The number of amides is 1. The number of furan rings is 1. The summed E-state index contributed by atoms with van der Waals surface area (Å²) in [5.74, 6) is 1.21. The highest BCUT2D eigenvalue weighted by molar-refractivity contribution is 5.80. The third-order valence-electron chi connectivity index (χ3n) is 2.90. The molecule has 2 rings (SSSR count). The van der Waals surface area contributed by atoms with Gasteiger partial charge in [0.1, 0.15) is 17.3 Å². The number of halogens is 1. The van der Waals surface area contributed by atoms with E-state index in [9.17, 15) is 9.18 Å². The van der Waals surface area contributed by atoms with Gasteiger partial charge < -0.3 is 14.6 Å². The van der Waals surface area contributed by atoms with Crippen LogP contribution in [0, 0.1) is 12.7 Å². The number of benzene rings is 1. The largest absolute Gasteiger partial charge is 0.464 e. The number of nitrogens with zero attached hydrogens (tertiary/aromatic N) is 1. The summed E-state index contributed by atoms with van der Waals surface area (Å²) in [6.45, 7) is 2.45. The Balaban J connectivity index is 1.83. The third kappa shape index (κ3) is 3.85. The Labute approximate surface area is 117 Å². The van der Waals surface area contributed by atoms with Gasteiger partial charge in [-0.15, -0.1) is 0 Å². The summed E-state index contributed by atoms with van der Waals surface area (Å²) in [5.41, 5.74) is 0.710. The van der Waals surface area contributed by atoms with Crippen molar-refractivity contribution in [1.82, 2.24) is 4.90 Å². The van der Waals surface area contributed by atoms with Crippen molar-refractivity contribution in [1.29, 1.82) is 0 Å². The van der Waals surface area contributed by atoms with Gasteiger partial charge in [-0.3, -0.25) is 4.79 Å². The van der Waals surface area contributed by atoms with Gasteiger partial charge in [-0.2, -0.15) is 0 Å². The van der Waals surface area contributed by atoms with E-state index in [2.05, 4.69) is 5.32 Å². The number of likely N-dealkylation sites (N-methyl/N-ethyl adjacent to an activating group) is 1. The van der Waals surface area contributed by atoms with Crippen LogP contribution < -0.4 is 5.32 Å². The first-order valence-electron chi connectivity index (χ1n) is 6.33. The second-order valence-electron chi connectivity index (χ2n) is 4.62. The highest BCUT2D eigenvalue weighted by Gasteiger charge is 2.10. The Morgan fingerprint density at radius 2 is 1.95 bits per heavy atom. The zero-order valence-corrected chi connectivity index (χ0v) is 11.5. The number of carbonyl (C=O) groups is 1. The van der Waals surface area contributed by atoms with Crippen molar-refractivity contribution in [2.45, 2.75) is 13.5 Å². The highest BCUT2D eigenvalue weighted by atomic mass is 19.1. The first-order chi connectivity index (χ1) is 9.54. The van der Waals surface area contributed by atoms with E-state index in [-0.39, 0.29) is 18.3 Å². The lowest BCUT2D eigenvalue weighted by atomic mass is 10.3. The zero-order chi connectivity index (χ0) is 14.5. The summed E-state index contributed by atoms with van der Waals surface area (Å²) in [6.07, 6.45) is 0. The van der Waals surface area contributed by atoms with Crippen LogP contribution in [0.15, 0.2) is 40.8 Å². The second-order valence-corrected chi connectivity index (χ2v) is 4.62. The molecule has 0 unspecified atom stereocenters. The molecule has 0 radical (unpaired) electrons. The molecular weight excluding hydrogens is 259 g/mol. The molecule has 0 saturated carbocycles. The van der Waals surface area contributed by atoms with Gasteiger partial charge in [0.05, 0.1) is 13.1 Å². The van der Waals surface area contributed by atoms with Crippen LogP contribution in [-0.4, -0.2) is 24.4 Å². The van der Waals surface area contributed by atoms with Crippen LogP contribution in [0.1, 0.15) is 11.5 Å². The van der Waals surface area contributed by atoms with Crippen molar-refractivity contribution in [2.24, 2.45) is 0 Å². The van der Waals surface area contributed by atoms with Crippen molar-refractivity contribution in [2.75, 3.05) is 18.9 Å². The van der Waals surface area contributed by atoms with Crippen molar-refractivity contribution in [3.05, 3.63) is 53.7 Å². The van der Waals surface area contributed by atoms with Gasteiger partial charge in [0.2, 0.25) is 5.91 Å². The molecule has 0 aliphatic carbocycles. The number of hydrogen-bond donors (Lipinski definition) is 1. The molecule has 0 aliphatic rings. The van der Waals surface area contributed by atoms with E-state index in [0.717, 1.165) is 11.5 Å². The van der Waals surface area contributed by atoms with Crippen molar-refractivity contribution in [3.8, 4) is 0 Å². The van der Waals surface area contributed by atoms with Crippen molar-refractivity contribution >= 4 is 11.6 Å². The molecule has 0 spiro atoms. The lowest BCUT2D eigenvalue weighted by Crippen LogP contribution is -2.31. The molecule has 5 heteroatoms. The number of aryl methyl sites for hydroxylation is 1. The van der Waals surface area contributed by atoms with Crippen LogP contribution in [0.25, 0.3) is 0 Å². The number of hydrogen-bond acceptors (Lipinski definition) is 3. The standard InChI is InChI=1S/C15H17FN2O2/c1-11-3-8-14(20-11)10-18(2)15(19)9-17-13-6-4-12(16)5-7-13/h3-8,17H,9-10H2,1-2H3. The van der Waals surface area contributed by atoms with E-state index in [4.69, 9.17) is 4.42 Å². The second kappa shape index (κ2) is 6.23. The minimum atomic E-state index is -0.299. The molecule has 2 aromatic rings. The maximum Gasteiger partial charge on any atom is 0.242 e. The molecule has 20 heavy (non-hydrogen) atoms. The molecule has 0 atom stereocenters. The predicted octanol–water partition coefficient (Wildman–Crippen LogP) is 2.80. The molecule has 1 amide bonds. The number of anilines is 1. The number of nitrogens with one attached hydrogen (secondary N) is 1. The Bertz CT molecular complexity index is 578. The van der Waals surface area contributed by atoms with Gasteiger partial charge in [0.25, 0.3) is 0 Å². The van der Waals surface area contributed by atoms with Crippen molar-refractivity contribution in [3.63, 3.8) is 0 Å². The fraction of sp³-hybridized carbons (Fsp3) is 0.267. The Hall–Kier alpha value is -2.30. The summed E-state index contributed by atoms with van der Waals surface area (Å²) in [5, 5.41) is 2.96. The average molecular weight is 276 g/mol. The first-order valence-corrected chi connectivity index (χ1v) is 6.33. The highest BCUT2D eigenvalue weighted by Crippen LogP contribution is 2.10. The summed E-state index contributed by atoms with van der Waals surface area (Å²) in [6, 6.07) is 9.61. The molecule has 0 fully saturated rings. The van der Waals surface area contributed by atoms with E-state index < -0.39 is 0 Å². The smallest absolute Gasteiger partial charge is 0.242 e. The van der Waals surface area contributed by atoms with Gasteiger partial charge in [-0.25, -0.2) is 4.39 Å². The van der Waals surface area contributed by atoms with Crippen LogP contribution in [-0.2, 0) is 11.3 Å². The molecule has 1 heterocycles. The molecule has 1 aromatic carbocycles. The van der Waals surface area contributed by atoms with Gasteiger partial charge in [0, 0.05) is 12.7 Å². The number of carbonyl (C=O) groups excluding carboxylic acids is 1. The third-order valence-corrected chi connectivity index (χ3v) is 2.90. The Morgan fingerprint density at radius 1 is 1.25 bits per heavy atom. The van der Waals surface area contributed by atoms with Crippen molar-refractivity contribution < 1.29 is 13.6 Å². The Kier molecular flexibility index (Phi) is 4.40. The van der Waals surface area contributed by atoms with E-state index in [1.165, 1.54) is 12.1 Å². The zero-order valence-electron chi connectivity index (χ0n) is 11.5. The fourth-order valence-electron chi connectivity index (χ4n) is 1.77. The molecule has 1 aromatic heterocycles. The molecule has 0 saturated heterocycles. The quantitative estimate of drug-likeness (QED) is 0.913. The van der Waals surface area contributed by atoms with E-state index in [1.54, 1.807) is 24.1 Å². The fourth-order valence-corrected chi connectivity index (χ4v) is 1.77. The monoisotopic (exact) mass is 276 g/mol. The average Bonchev–Trinajstić information content (AvgIpc) is 2.83. The summed E-state index contributed by atoms with van der Waals surface area (Å²) in [4.78, 5) is 13.5. The van der Waals surface area contributed by atoms with E-state index in [0.29, 0.717) is 12.2 Å².